The third-order valence-corrected chi connectivity index (χ3v) is 4.02. The lowest BCUT2D eigenvalue weighted by Gasteiger charge is -2.05. The molecule has 1 aromatic carbocycles. The minimum Gasteiger partial charge on any atom is -0.360 e. The fourth-order valence-electron chi connectivity index (χ4n) is 2.73. The molecular weight excluding hydrogens is 384 g/mol. The third kappa shape index (κ3) is 3.55. The number of benzene rings is 1. The van der Waals surface area contributed by atoms with E-state index in [1.807, 2.05) is 0 Å². The molecule has 0 radical (unpaired) electrons. The smallest absolute Gasteiger partial charge is 0.293 e. The van der Waals surface area contributed by atoms with Gasteiger partial charge in [0.05, 0.1) is 11.2 Å². The monoisotopic (exact) mass is 397 g/mol. The molecule has 0 aliphatic carbocycles. The number of imidazole rings is 1. The van der Waals surface area contributed by atoms with Gasteiger partial charge in [-0.25, -0.2) is 13.8 Å². The van der Waals surface area contributed by atoms with Gasteiger partial charge in [-0.1, -0.05) is 11.2 Å². The van der Waals surface area contributed by atoms with Crippen LogP contribution >= 0.6 is 0 Å². The number of aromatic nitrogens is 3. The topological polar surface area (TPSA) is 102 Å². The number of halogens is 2. The minimum atomic E-state index is -0.929. The summed E-state index contributed by atoms with van der Waals surface area (Å²) in [5, 5.41) is 8.54. The Balaban J connectivity index is 1.68. The molecule has 3 aromatic heterocycles. The molecule has 0 saturated carbocycles. The predicted molar refractivity (Wildman–Crippen MR) is 98.7 cm³/mol. The zero-order valence-electron chi connectivity index (χ0n) is 14.9. The summed E-state index contributed by atoms with van der Waals surface area (Å²) >= 11 is 0. The molecule has 0 saturated heterocycles. The van der Waals surface area contributed by atoms with Crippen molar-refractivity contribution >= 4 is 28.8 Å². The average molecular weight is 397 g/mol. The van der Waals surface area contributed by atoms with Crippen LogP contribution < -0.4 is 10.6 Å². The number of nitrogens with one attached hydrogen (secondary N) is 2. The number of hydrogen-bond acceptors (Lipinski definition) is 5. The van der Waals surface area contributed by atoms with E-state index in [1.165, 1.54) is 10.5 Å². The Bertz CT molecular complexity index is 1250. The number of fused-ring (bicyclic) bond motifs is 1. The van der Waals surface area contributed by atoms with Crippen molar-refractivity contribution in [3.8, 4) is 0 Å². The highest BCUT2D eigenvalue weighted by Crippen LogP contribution is 2.19. The van der Waals surface area contributed by atoms with Crippen LogP contribution in [0, 0.1) is 18.6 Å². The quantitative estimate of drug-likeness (QED) is 0.550. The standard InChI is InChI=1S/C19H13F2N5O3/c1-10-8-15(25-29-10)23-19(28)17-24-16(14-4-2-3-7-26(14)17)18(27)22-13-6-5-11(20)9-12(13)21/h2-9H,1H3,(H,22,27)(H,23,25,28). The molecule has 2 N–H and O–H groups in total. The molecule has 8 nitrogen and oxygen atoms in total. The van der Waals surface area contributed by atoms with E-state index in [9.17, 15) is 18.4 Å². The van der Waals surface area contributed by atoms with Crippen LogP contribution in [0.5, 0.6) is 0 Å². The lowest BCUT2D eigenvalue weighted by molar-refractivity contribution is 0.101. The number of anilines is 2. The fraction of sp³-hybridized carbons (Fsp3) is 0.0526. The molecular formula is C19H13F2N5O3. The van der Waals surface area contributed by atoms with Crippen molar-refractivity contribution in [1.29, 1.82) is 0 Å². The van der Waals surface area contributed by atoms with Crippen molar-refractivity contribution in [2.45, 2.75) is 6.92 Å². The van der Waals surface area contributed by atoms with Crippen molar-refractivity contribution in [3.63, 3.8) is 0 Å². The van der Waals surface area contributed by atoms with Crippen LogP contribution in [0.25, 0.3) is 5.52 Å². The largest absolute Gasteiger partial charge is 0.360 e. The third-order valence-electron chi connectivity index (χ3n) is 4.02. The van der Waals surface area contributed by atoms with Crippen LogP contribution in [-0.2, 0) is 0 Å². The summed E-state index contributed by atoms with van der Waals surface area (Å²) in [6.07, 6.45) is 1.56. The fourth-order valence-corrected chi connectivity index (χ4v) is 2.73. The van der Waals surface area contributed by atoms with E-state index in [1.54, 1.807) is 31.3 Å². The molecule has 10 heteroatoms. The summed E-state index contributed by atoms with van der Waals surface area (Å²) < 4.78 is 33.2. The van der Waals surface area contributed by atoms with Gasteiger partial charge in [-0.2, -0.15) is 0 Å². The van der Waals surface area contributed by atoms with Crippen LogP contribution in [0.3, 0.4) is 0 Å². The first-order chi connectivity index (χ1) is 13.9. The van der Waals surface area contributed by atoms with Gasteiger partial charge < -0.3 is 15.2 Å². The zero-order valence-corrected chi connectivity index (χ0v) is 14.9. The second-order valence-electron chi connectivity index (χ2n) is 6.10. The lowest BCUT2D eigenvalue weighted by Crippen LogP contribution is -2.17. The Morgan fingerprint density at radius 2 is 1.90 bits per heavy atom. The van der Waals surface area contributed by atoms with Gasteiger partial charge in [0.2, 0.25) is 5.82 Å². The molecule has 146 valence electrons. The van der Waals surface area contributed by atoms with Crippen molar-refractivity contribution in [2.75, 3.05) is 10.6 Å². The summed E-state index contributed by atoms with van der Waals surface area (Å²) in [4.78, 5) is 29.4. The normalized spacial score (nSPS) is 10.9. The summed E-state index contributed by atoms with van der Waals surface area (Å²) in [7, 11) is 0. The zero-order chi connectivity index (χ0) is 20.5. The number of carbonyl (C=O) groups is 2. The van der Waals surface area contributed by atoms with Crippen LogP contribution in [0.15, 0.2) is 53.2 Å². The maximum absolute atomic E-state index is 13.9. The van der Waals surface area contributed by atoms with Crippen LogP contribution in [-0.4, -0.2) is 26.4 Å². The maximum atomic E-state index is 13.9. The van der Waals surface area contributed by atoms with Crippen molar-refractivity contribution in [1.82, 2.24) is 14.5 Å². The van der Waals surface area contributed by atoms with Crippen LogP contribution in [0.4, 0.5) is 20.3 Å². The van der Waals surface area contributed by atoms with Crippen molar-refractivity contribution in [3.05, 3.63) is 77.6 Å². The molecule has 0 unspecified atom stereocenters. The SMILES string of the molecule is Cc1cc(NC(=O)c2nc(C(=O)Nc3ccc(F)cc3F)c3ccccn23)no1. The molecule has 29 heavy (non-hydrogen) atoms. The van der Waals surface area contributed by atoms with Crippen molar-refractivity contribution < 1.29 is 22.9 Å². The van der Waals surface area contributed by atoms with Gasteiger partial charge in [-0.3, -0.25) is 14.0 Å². The molecule has 0 spiro atoms. The van der Waals surface area contributed by atoms with E-state index < -0.39 is 23.4 Å². The maximum Gasteiger partial charge on any atom is 0.293 e. The second-order valence-corrected chi connectivity index (χ2v) is 6.10. The first-order valence-electron chi connectivity index (χ1n) is 8.40. The highest BCUT2D eigenvalue weighted by atomic mass is 19.1. The number of aryl methyl sites for hydroxylation is 1. The van der Waals surface area contributed by atoms with Crippen LogP contribution in [0.2, 0.25) is 0 Å². The highest BCUT2D eigenvalue weighted by Gasteiger charge is 2.23. The van der Waals surface area contributed by atoms with Gasteiger partial charge >= 0.3 is 0 Å². The first kappa shape index (κ1) is 18.3. The Morgan fingerprint density at radius 3 is 2.62 bits per heavy atom. The number of nitrogens with zero attached hydrogens (tertiary/aromatic N) is 3. The van der Waals surface area contributed by atoms with Gasteiger partial charge in [0.25, 0.3) is 11.8 Å². The summed E-state index contributed by atoms with van der Waals surface area (Å²) in [5.41, 5.74) is 0.0161. The lowest BCUT2D eigenvalue weighted by atomic mass is 10.2. The highest BCUT2D eigenvalue weighted by molar-refractivity contribution is 6.10. The van der Waals surface area contributed by atoms with Gasteiger partial charge in [0.15, 0.2) is 11.5 Å². The Labute approximate surface area is 162 Å². The van der Waals surface area contributed by atoms with Gasteiger partial charge in [0, 0.05) is 18.3 Å². The Hall–Kier alpha value is -4.08. The summed E-state index contributed by atoms with van der Waals surface area (Å²) in [5.74, 6) is -2.45. The Kier molecular flexibility index (Phi) is 4.51. The van der Waals surface area contributed by atoms with E-state index in [0.717, 1.165) is 12.1 Å². The van der Waals surface area contributed by atoms with Gasteiger partial charge in [-0.15, -0.1) is 0 Å². The van der Waals surface area contributed by atoms with E-state index in [4.69, 9.17) is 4.52 Å². The van der Waals surface area contributed by atoms with E-state index in [-0.39, 0.29) is 23.0 Å². The molecule has 0 fully saturated rings. The number of amides is 2. The van der Waals surface area contributed by atoms with Crippen LogP contribution in [0.1, 0.15) is 26.9 Å². The summed E-state index contributed by atoms with van der Waals surface area (Å²) in [6, 6.07) is 9.20. The number of hydrogen-bond donors (Lipinski definition) is 2. The predicted octanol–water partition coefficient (Wildman–Crippen LogP) is 3.41. The minimum absolute atomic E-state index is 0.0778. The molecule has 2 amide bonds. The number of carbonyl (C=O) groups excluding carboxylic acids is 2. The molecule has 0 bridgehead atoms. The summed E-state index contributed by atoms with van der Waals surface area (Å²) in [6.45, 7) is 1.67. The van der Waals surface area contributed by atoms with E-state index >= 15 is 0 Å². The van der Waals surface area contributed by atoms with Gasteiger partial charge in [0.1, 0.15) is 17.4 Å². The molecule has 0 aliphatic heterocycles. The van der Waals surface area contributed by atoms with Crippen molar-refractivity contribution in [2.24, 2.45) is 0 Å². The Morgan fingerprint density at radius 1 is 1.07 bits per heavy atom. The van der Waals surface area contributed by atoms with E-state index in [2.05, 4.69) is 20.8 Å². The molecule has 3 heterocycles. The molecule has 4 rings (SSSR count). The molecule has 0 atom stereocenters. The number of rotatable bonds is 4. The van der Waals surface area contributed by atoms with Gasteiger partial charge in [-0.05, 0) is 31.2 Å². The molecule has 4 aromatic rings. The number of pyridine rings is 1. The second kappa shape index (κ2) is 7.15. The first-order valence-corrected chi connectivity index (χ1v) is 8.40. The molecule has 0 aliphatic rings. The average Bonchev–Trinajstić information content (AvgIpc) is 3.27. The van der Waals surface area contributed by atoms with E-state index in [0.29, 0.717) is 17.3 Å².